The fraction of sp³-hybridized carbons (Fsp3) is 0.378. The average molecular weight is 691 g/mol. The topological polar surface area (TPSA) is 160 Å². The van der Waals surface area contributed by atoms with Crippen LogP contribution in [0, 0.1) is 12.3 Å². The van der Waals surface area contributed by atoms with E-state index in [1.54, 1.807) is 31.2 Å². The van der Waals surface area contributed by atoms with E-state index in [9.17, 15) is 27.6 Å². The lowest BCUT2D eigenvalue weighted by Gasteiger charge is -2.33. The van der Waals surface area contributed by atoms with Crippen molar-refractivity contribution in [1.29, 1.82) is 0 Å². The van der Waals surface area contributed by atoms with Crippen molar-refractivity contribution in [3.05, 3.63) is 114 Å². The van der Waals surface area contributed by atoms with Gasteiger partial charge in [0.25, 0.3) is 5.91 Å². The van der Waals surface area contributed by atoms with Crippen molar-refractivity contribution in [2.24, 2.45) is 5.92 Å². The minimum Gasteiger partial charge on any atom is -0.445 e. The van der Waals surface area contributed by atoms with Gasteiger partial charge in [-0.2, -0.15) is 0 Å². The van der Waals surface area contributed by atoms with Crippen LogP contribution in [-0.4, -0.2) is 67.5 Å². The first kappa shape index (κ1) is 37.3. The molecule has 0 spiro atoms. The number of imide groups is 1. The van der Waals surface area contributed by atoms with Gasteiger partial charge in [-0.3, -0.25) is 19.7 Å². The van der Waals surface area contributed by atoms with Crippen LogP contribution in [0.2, 0.25) is 0 Å². The van der Waals surface area contributed by atoms with Crippen LogP contribution in [0.15, 0.2) is 91.0 Å². The van der Waals surface area contributed by atoms with E-state index in [1.165, 1.54) is 13.8 Å². The number of rotatable bonds is 16. The predicted molar refractivity (Wildman–Crippen MR) is 185 cm³/mol. The molecule has 1 unspecified atom stereocenters. The van der Waals surface area contributed by atoms with Crippen molar-refractivity contribution >= 4 is 33.7 Å². The maximum Gasteiger partial charge on any atom is 0.408 e. The fourth-order valence-electron chi connectivity index (χ4n) is 5.19. The Morgan fingerprint density at radius 3 is 2.02 bits per heavy atom. The second-order valence-corrected chi connectivity index (χ2v) is 15.4. The number of nitrogens with one attached hydrogen (secondary N) is 3. The van der Waals surface area contributed by atoms with Crippen LogP contribution >= 0.6 is 0 Å². The number of benzene rings is 3. The molecule has 1 saturated heterocycles. The molecule has 0 saturated carbocycles. The SMILES string of the molecule is C[C@@H](C[CH]c1ccccc1)C(=O)NC(=O)[C@H]1OC1C[C@H](Cc1ccccc1)NC(=O)[C@@H](NC(=O)OCc1ccccc1)C(C)(C)S(C)(=O)=O. The van der Waals surface area contributed by atoms with Gasteiger partial charge in [0, 0.05) is 18.2 Å². The summed E-state index contributed by atoms with van der Waals surface area (Å²) in [5.41, 5.74) is 2.57. The summed E-state index contributed by atoms with van der Waals surface area (Å²) in [6.45, 7) is 4.37. The molecule has 3 aromatic carbocycles. The number of alkyl carbamates (subject to hydrolysis) is 1. The molecule has 1 fully saturated rings. The summed E-state index contributed by atoms with van der Waals surface area (Å²) in [5.74, 6) is -2.18. The Morgan fingerprint density at radius 1 is 0.857 bits per heavy atom. The average Bonchev–Trinajstić information content (AvgIpc) is 3.85. The maximum atomic E-state index is 13.8. The molecule has 0 aliphatic carbocycles. The van der Waals surface area contributed by atoms with E-state index in [-0.39, 0.29) is 13.0 Å². The number of amides is 4. The van der Waals surface area contributed by atoms with Gasteiger partial charge in [0.2, 0.25) is 11.8 Å². The molecule has 12 heteroatoms. The van der Waals surface area contributed by atoms with E-state index in [2.05, 4.69) is 16.0 Å². The molecule has 4 rings (SSSR count). The standard InChI is InChI=1S/C37H44N3O8S/c1-25(20-21-26-14-8-5-9-15-26)33(41)40-34(42)31-30(48-31)23-29(22-27-16-10-6-11-17-27)38-35(43)32(37(2,3)49(4,45)46)39-36(44)47-24-28-18-12-7-13-19-28/h5-19,21,25,29-32H,20,22-24H2,1-4H3,(H,38,43)(H,39,44)(H,40,41,42)/t25-,29-,30?,31-,32+/m0/s1. The van der Waals surface area contributed by atoms with Gasteiger partial charge in [0.05, 0.1) is 10.9 Å². The molecule has 3 N–H and O–H groups in total. The van der Waals surface area contributed by atoms with Crippen LogP contribution < -0.4 is 16.0 Å². The lowest BCUT2D eigenvalue weighted by Crippen LogP contribution is -2.61. The summed E-state index contributed by atoms with van der Waals surface area (Å²) in [4.78, 5) is 52.3. The first-order valence-corrected chi connectivity index (χ1v) is 18.0. The van der Waals surface area contributed by atoms with Crippen LogP contribution in [0.3, 0.4) is 0 Å². The Morgan fingerprint density at radius 2 is 1.43 bits per heavy atom. The van der Waals surface area contributed by atoms with Crippen LogP contribution in [-0.2, 0) is 46.7 Å². The van der Waals surface area contributed by atoms with Gasteiger partial charge in [-0.15, -0.1) is 0 Å². The number of sulfone groups is 1. The second kappa shape index (κ2) is 16.7. The fourth-order valence-corrected chi connectivity index (χ4v) is 5.78. The van der Waals surface area contributed by atoms with Crippen molar-refractivity contribution in [3.8, 4) is 0 Å². The molecular weight excluding hydrogens is 646 g/mol. The highest BCUT2D eigenvalue weighted by atomic mass is 32.2. The van der Waals surface area contributed by atoms with E-state index in [0.29, 0.717) is 18.4 Å². The van der Waals surface area contributed by atoms with Crippen molar-refractivity contribution in [2.75, 3.05) is 6.26 Å². The Bertz CT molecular complexity index is 1680. The molecule has 1 aliphatic rings. The zero-order chi connectivity index (χ0) is 35.6. The highest BCUT2D eigenvalue weighted by Gasteiger charge is 2.48. The third kappa shape index (κ3) is 11.0. The summed E-state index contributed by atoms with van der Waals surface area (Å²) in [6.07, 6.45) is 1.44. The van der Waals surface area contributed by atoms with E-state index in [4.69, 9.17) is 9.47 Å². The Kier molecular flexibility index (Phi) is 12.7. The van der Waals surface area contributed by atoms with E-state index >= 15 is 0 Å². The third-order valence-electron chi connectivity index (χ3n) is 8.62. The summed E-state index contributed by atoms with van der Waals surface area (Å²) < 4.78 is 34.9. The van der Waals surface area contributed by atoms with Gasteiger partial charge < -0.3 is 20.1 Å². The van der Waals surface area contributed by atoms with Gasteiger partial charge in [-0.1, -0.05) is 97.9 Å². The molecule has 3 aromatic rings. The first-order chi connectivity index (χ1) is 23.2. The van der Waals surface area contributed by atoms with E-state index in [1.807, 2.05) is 73.2 Å². The smallest absolute Gasteiger partial charge is 0.408 e. The summed E-state index contributed by atoms with van der Waals surface area (Å²) in [6, 6.07) is 25.7. The number of epoxide rings is 1. The van der Waals surface area contributed by atoms with Crippen molar-refractivity contribution in [3.63, 3.8) is 0 Å². The normalized spacial score (nSPS) is 17.6. The number of carbonyl (C=O) groups is 4. The Hall–Kier alpha value is -4.55. The molecule has 1 heterocycles. The molecule has 5 atom stereocenters. The molecule has 1 radical (unpaired) electrons. The minimum atomic E-state index is -3.87. The molecule has 49 heavy (non-hydrogen) atoms. The molecule has 1 aliphatic heterocycles. The van der Waals surface area contributed by atoms with Gasteiger partial charge >= 0.3 is 6.09 Å². The Balaban J connectivity index is 1.41. The van der Waals surface area contributed by atoms with Crippen LogP contribution in [0.1, 0.15) is 50.3 Å². The lowest BCUT2D eigenvalue weighted by molar-refractivity contribution is -0.133. The molecule has 4 amide bonds. The van der Waals surface area contributed by atoms with Crippen LogP contribution in [0.4, 0.5) is 4.79 Å². The summed E-state index contributed by atoms with van der Waals surface area (Å²) in [7, 11) is -3.87. The zero-order valence-corrected chi connectivity index (χ0v) is 28.9. The zero-order valence-electron chi connectivity index (χ0n) is 28.1. The summed E-state index contributed by atoms with van der Waals surface area (Å²) >= 11 is 0. The molecule has 11 nitrogen and oxygen atoms in total. The number of hydrogen-bond acceptors (Lipinski definition) is 8. The van der Waals surface area contributed by atoms with Gasteiger partial charge in [-0.25, -0.2) is 13.2 Å². The number of hydrogen-bond donors (Lipinski definition) is 3. The lowest BCUT2D eigenvalue weighted by atomic mass is 9.97. The van der Waals surface area contributed by atoms with Crippen molar-refractivity contribution in [2.45, 2.75) is 75.7 Å². The quantitative estimate of drug-likeness (QED) is 0.191. The highest BCUT2D eigenvalue weighted by molar-refractivity contribution is 7.92. The Labute approximate surface area is 288 Å². The second-order valence-electron chi connectivity index (χ2n) is 12.8. The molecule has 261 valence electrons. The van der Waals surface area contributed by atoms with Gasteiger partial charge in [0.1, 0.15) is 12.6 Å². The van der Waals surface area contributed by atoms with E-state index < -0.39 is 68.6 Å². The van der Waals surface area contributed by atoms with Crippen LogP contribution in [0.25, 0.3) is 0 Å². The molecular formula is C37H44N3O8S. The molecule has 0 bridgehead atoms. The van der Waals surface area contributed by atoms with Crippen molar-refractivity contribution in [1.82, 2.24) is 16.0 Å². The van der Waals surface area contributed by atoms with Gasteiger partial charge in [0.15, 0.2) is 15.9 Å². The third-order valence-corrected chi connectivity index (χ3v) is 10.8. The maximum absolute atomic E-state index is 13.8. The minimum absolute atomic E-state index is 0.0774. The van der Waals surface area contributed by atoms with Crippen molar-refractivity contribution < 1.29 is 37.1 Å². The van der Waals surface area contributed by atoms with Gasteiger partial charge in [-0.05, 0) is 56.2 Å². The molecule has 0 aromatic heterocycles. The first-order valence-electron chi connectivity index (χ1n) is 16.1. The van der Waals surface area contributed by atoms with Crippen LogP contribution in [0.5, 0.6) is 0 Å². The number of ether oxygens (including phenoxy) is 2. The van der Waals surface area contributed by atoms with E-state index in [0.717, 1.165) is 17.4 Å². The monoisotopic (exact) mass is 690 g/mol. The largest absolute Gasteiger partial charge is 0.445 e. The highest BCUT2D eigenvalue weighted by Crippen LogP contribution is 2.29. The summed E-state index contributed by atoms with van der Waals surface area (Å²) in [5, 5.41) is 7.79. The predicted octanol–water partition coefficient (Wildman–Crippen LogP) is 3.91. The number of carbonyl (C=O) groups excluding carboxylic acids is 4.